The van der Waals surface area contributed by atoms with Gasteiger partial charge in [-0.2, -0.15) is 0 Å². The summed E-state index contributed by atoms with van der Waals surface area (Å²) < 4.78 is 28.0. The number of pyridine rings is 1. The van der Waals surface area contributed by atoms with Crippen LogP contribution < -0.4 is 5.32 Å². The van der Waals surface area contributed by atoms with Gasteiger partial charge >= 0.3 is 5.97 Å². The SMILES string of the molecule is O=C(O)c1ccc(NCCOCC(F)F)cn1. The minimum absolute atomic E-state index is 0.0514. The number of carboxylic acids is 1. The van der Waals surface area contributed by atoms with Crippen molar-refractivity contribution in [1.29, 1.82) is 0 Å². The van der Waals surface area contributed by atoms with Gasteiger partial charge in [0.1, 0.15) is 12.3 Å². The molecule has 1 aromatic rings. The van der Waals surface area contributed by atoms with Crippen LogP contribution >= 0.6 is 0 Å². The maximum atomic E-state index is 11.7. The number of anilines is 1. The van der Waals surface area contributed by atoms with Crippen LogP contribution in [0.3, 0.4) is 0 Å². The van der Waals surface area contributed by atoms with Gasteiger partial charge in [-0.25, -0.2) is 18.6 Å². The molecule has 94 valence electrons. The van der Waals surface area contributed by atoms with Crippen molar-refractivity contribution in [3.63, 3.8) is 0 Å². The molecule has 0 aliphatic heterocycles. The molecule has 5 nitrogen and oxygen atoms in total. The molecule has 0 amide bonds. The molecule has 0 aliphatic carbocycles. The van der Waals surface area contributed by atoms with Crippen molar-refractivity contribution in [2.24, 2.45) is 0 Å². The van der Waals surface area contributed by atoms with Crippen molar-refractivity contribution < 1.29 is 23.4 Å². The lowest BCUT2D eigenvalue weighted by Gasteiger charge is -2.06. The quantitative estimate of drug-likeness (QED) is 0.713. The van der Waals surface area contributed by atoms with Gasteiger partial charge in [0.25, 0.3) is 6.43 Å². The Morgan fingerprint density at radius 2 is 2.29 bits per heavy atom. The third-order valence-corrected chi connectivity index (χ3v) is 1.80. The van der Waals surface area contributed by atoms with Crippen molar-refractivity contribution >= 4 is 11.7 Å². The summed E-state index contributed by atoms with van der Waals surface area (Å²) in [5.74, 6) is -1.10. The standard InChI is InChI=1S/C10H12F2N2O3/c11-9(12)6-17-4-3-13-7-1-2-8(10(15)16)14-5-7/h1-2,5,9,13H,3-4,6H2,(H,15,16). The zero-order valence-corrected chi connectivity index (χ0v) is 8.90. The third-order valence-electron chi connectivity index (χ3n) is 1.80. The fourth-order valence-electron chi connectivity index (χ4n) is 1.06. The van der Waals surface area contributed by atoms with E-state index in [1.807, 2.05) is 0 Å². The molecule has 0 radical (unpaired) electrons. The Kier molecular flexibility index (Phi) is 5.28. The van der Waals surface area contributed by atoms with Gasteiger partial charge < -0.3 is 15.2 Å². The van der Waals surface area contributed by atoms with Crippen molar-refractivity contribution in [3.8, 4) is 0 Å². The van der Waals surface area contributed by atoms with E-state index < -0.39 is 19.0 Å². The van der Waals surface area contributed by atoms with Crippen LogP contribution in [0.1, 0.15) is 10.5 Å². The van der Waals surface area contributed by atoms with Gasteiger partial charge in [0, 0.05) is 6.54 Å². The largest absolute Gasteiger partial charge is 0.477 e. The first-order chi connectivity index (χ1) is 8.09. The van der Waals surface area contributed by atoms with Crippen LogP contribution in [-0.2, 0) is 4.74 Å². The first kappa shape index (κ1) is 13.3. The summed E-state index contributed by atoms with van der Waals surface area (Å²) >= 11 is 0. The van der Waals surface area contributed by atoms with Crippen LogP contribution in [-0.4, -0.2) is 42.2 Å². The van der Waals surface area contributed by atoms with Crippen LogP contribution in [0.2, 0.25) is 0 Å². The number of rotatable bonds is 7. The molecular weight excluding hydrogens is 234 g/mol. The summed E-state index contributed by atoms with van der Waals surface area (Å²) in [6, 6.07) is 2.90. The van der Waals surface area contributed by atoms with E-state index in [1.165, 1.54) is 12.3 Å². The van der Waals surface area contributed by atoms with Crippen LogP contribution in [0, 0.1) is 0 Å². The number of aromatic carboxylic acids is 1. The van der Waals surface area contributed by atoms with E-state index in [1.54, 1.807) is 6.07 Å². The van der Waals surface area contributed by atoms with Gasteiger partial charge in [0.2, 0.25) is 0 Å². The Labute approximate surface area is 96.4 Å². The van der Waals surface area contributed by atoms with Gasteiger partial charge in [0.05, 0.1) is 18.5 Å². The number of hydrogen-bond acceptors (Lipinski definition) is 4. The van der Waals surface area contributed by atoms with Crippen LogP contribution in [0.25, 0.3) is 0 Å². The number of halogens is 2. The highest BCUT2D eigenvalue weighted by Gasteiger charge is 2.03. The molecule has 0 saturated heterocycles. The minimum Gasteiger partial charge on any atom is -0.477 e. The topological polar surface area (TPSA) is 71.5 Å². The molecule has 1 rings (SSSR count). The number of nitrogens with one attached hydrogen (secondary N) is 1. The van der Waals surface area contributed by atoms with Crippen molar-refractivity contribution in [2.45, 2.75) is 6.43 Å². The number of carbonyl (C=O) groups is 1. The first-order valence-corrected chi connectivity index (χ1v) is 4.88. The lowest BCUT2D eigenvalue weighted by molar-refractivity contribution is 0.0215. The second kappa shape index (κ2) is 6.74. The molecule has 7 heteroatoms. The smallest absolute Gasteiger partial charge is 0.354 e. The van der Waals surface area contributed by atoms with Gasteiger partial charge in [-0.1, -0.05) is 0 Å². The van der Waals surface area contributed by atoms with Crippen molar-refractivity contribution in [1.82, 2.24) is 4.98 Å². The summed E-state index contributed by atoms with van der Waals surface area (Å²) in [6.07, 6.45) is -1.11. The predicted octanol–water partition coefficient (Wildman–Crippen LogP) is 1.47. The number of ether oxygens (including phenoxy) is 1. The number of alkyl halides is 2. The molecule has 0 fully saturated rings. The maximum absolute atomic E-state index is 11.7. The van der Waals surface area contributed by atoms with E-state index in [0.29, 0.717) is 12.2 Å². The molecule has 0 aromatic carbocycles. The highest BCUT2D eigenvalue weighted by molar-refractivity contribution is 5.85. The zero-order valence-electron chi connectivity index (χ0n) is 8.90. The Bertz CT molecular complexity index is 357. The number of aromatic nitrogens is 1. The molecule has 2 N–H and O–H groups in total. The molecular formula is C10H12F2N2O3. The van der Waals surface area contributed by atoms with Crippen LogP contribution in [0.5, 0.6) is 0 Å². The maximum Gasteiger partial charge on any atom is 0.354 e. The second-order valence-corrected chi connectivity index (χ2v) is 3.13. The Morgan fingerprint density at radius 1 is 1.53 bits per heavy atom. The molecule has 0 bridgehead atoms. The van der Waals surface area contributed by atoms with Crippen molar-refractivity contribution in [2.75, 3.05) is 25.1 Å². The Morgan fingerprint density at radius 3 is 2.82 bits per heavy atom. The lowest BCUT2D eigenvalue weighted by atomic mass is 10.3. The van der Waals surface area contributed by atoms with Crippen molar-refractivity contribution in [3.05, 3.63) is 24.0 Å². The summed E-state index contributed by atoms with van der Waals surface area (Å²) in [5.41, 5.74) is 0.556. The summed E-state index contributed by atoms with van der Waals surface area (Å²) in [5, 5.41) is 11.5. The molecule has 1 heterocycles. The fraction of sp³-hybridized carbons (Fsp3) is 0.400. The monoisotopic (exact) mass is 246 g/mol. The first-order valence-electron chi connectivity index (χ1n) is 4.88. The number of hydrogen-bond donors (Lipinski definition) is 2. The predicted molar refractivity (Wildman–Crippen MR) is 56.5 cm³/mol. The molecule has 0 spiro atoms. The summed E-state index contributed by atoms with van der Waals surface area (Å²) in [4.78, 5) is 14.2. The second-order valence-electron chi connectivity index (χ2n) is 3.13. The molecule has 1 aromatic heterocycles. The molecule has 0 atom stereocenters. The van der Waals surface area contributed by atoms with E-state index in [0.717, 1.165) is 0 Å². The number of carboxylic acid groups (broad SMARTS) is 1. The highest BCUT2D eigenvalue weighted by Crippen LogP contribution is 2.05. The normalized spacial score (nSPS) is 10.5. The average Bonchev–Trinajstić information content (AvgIpc) is 2.29. The van der Waals surface area contributed by atoms with E-state index in [2.05, 4.69) is 15.0 Å². The minimum atomic E-state index is -2.47. The van der Waals surface area contributed by atoms with Gasteiger partial charge in [0.15, 0.2) is 0 Å². The third kappa shape index (κ3) is 5.21. The molecule has 0 unspecified atom stereocenters. The van der Waals surface area contributed by atoms with E-state index in [-0.39, 0.29) is 12.3 Å². The highest BCUT2D eigenvalue weighted by atomic mass is 19.3. The Balaban J connectivity index is 2.25. The van der Waals surface area contributed by atoms with Gasteiger partial charge in [-0.15, -0.1) is 0 Å². The molecule has 0 saturated carbocycles. The van der Waals surface area contributed by atoms with Crippen LogP contribution in [0.4, 0.5) is 14.5 Å². The summed E-state index contributed by atoms with van der Waals surface area (Å²) in [7, 11) is 0. The lowest BCUT2D eigenvalue weighted by Crippen LogP contribution is -2.13. The van der Waals surface area contributed by atoms with Crippen LogP contribution in [0.15, 0.2) is 18.3 Å². The van der Waals surface area contributed by atoms with E-state index >= 15 is 0 Å². The zero-order chi connectivity index (χ0) is 12.7. The summed E-state index contributed by atoms with van der Waals surface area (Å²) in [6.45, 7) is -0.0935. The van der Waals surface area contributed by atoms with E-state index in [9.17, 15) is 13.6 Å². The van der Waals surface area contributed by atoms with E-state index in [4.69, 9.17) is 5.11 Å². The van der Waals surface area contributed by atoms with Gasteiger partial charge in [-0.3, -0.25) is 0 Å². The molecule has 17 heavy (non-hydrogen) atoms. The van der Waals surface area contributed by atoms with Gasteiger partial charge in [-0.05, 0) is 12.1 Å². The fourth-order valence-corrected chi connectivity index (χ4v) is 1.06. The molecule has 0 aliphatic rings. The number of nitrogens with zero attached hydrogens (tertiary/aromatic N) is 1. The average molecular weight is 246 g/mol. The Hall–Kier alpha value is -1.76.